The van der Waals surface area contributed by atoms with Crippen molar-refractivity contribution in [1.82, 2.24) is 4.90 Å². The molecule has 0 unspecified atom stereocenters. The summed E-state index contributed by atoms with van der Waals surface area (Å²) in [6.07, 6.45) is 1.33. The van der Waals surface area contributed by atoms with Gasteiger partial charge in [0.2, 0.25) is 0 Å². The minimum absolute atomic E-state index is 0.101. The summed E-state index contributed by atoms with van der Waals surface area (Å²) in [4.78, 5) is 14.1. The van der Waals surface area contributed by atoms with Crippen molar-refractivity contribution >= 4 is 11.5 Å². The number of hydrogen-bond acceptors (Lipinski definition) is 4. The lowest BCUT2D eigenvalue weighted by atomic mass is 10.0. The molecule has 1 aliphatic rings. The number of fused-ring (bicyclic) bond motifs is 1. The van der Waals surface area contributed by atoms with Gasteiger partial charge in [0.1, 0.15) is 5.75 Å². The van der Waals surface area contributed by atoms with Gasteiger partial charge in [-0.1, -0.05) is 0 Å². The van der Waals surface area contributed by atoms with E-state index in [0.717, 1.165) is 24.3 Å². The van der Waals surface area contributed by atoms with Crippen LogP contribution in [0, 0.1) is 0 Å². The third-order valence-electron chi connectivity index (χ3n) is 2.89. The molecule has 2 N–H and O–H groups in total. The van der Waals surface area contributed by atoms with Crippen LogP contribution in [0.25, 0.3) is 0 Å². The van der Waals surface area contributed by atoms with Gasteiger partial charge < -0.3 is 15.4 Å². The first-order valence-corrected chi connectivity index (χ1v) is 5.81. The van der Waals surface area contributed by atoms with Crippen molar-refractivity contribution in [2.24, 2.45) is 0 Å². The minimum atomic E-state index is 0.101. The fourth-order valence-corrected chi connectivity index (χ4v) is 2.00. The molecule has 0 aromatic heterocycles. The van der Waals surface area contributed by atoms with E-state index in [-0.39, 0.29) is 5.78 Å². The summed E-state index contributed by atoms with van der Waals surface area (Å²) in [7, 11) is 3.90. The van der Waals surface area contributed by atoms with Gasteiger partial charge in [0.15, 0.2) is 5.78 Å². The fraction of sp³-hybridized carbons (Fsp3) is 0.462. The van der Waals surface area contributed by atoms with E-state index in [2.05, 4.69) is 0 Å². The van der Waals surface area contributed by atoms with E-state index in [0.29, 0.717) is 24.3 Å². The first-order valence-electron chi connectivity index (χ1n) is 5.81. The largest absolute Gasteiger partial charge is 0.492 e. The lowest BCUT2D eigenvalue weighted by molar-refractivity contribution is 0.0969. The zero-order chi connectivity index (χ0) is 12.4. The molecule has 1 aliphatic heterocycles. The molecule has 0 aliphatic carbocycles. The average molecular weight is 234 g/mol. The predicted octanol–water partition coefficient (Wildman–Crippen LogP) is 1.34. The molecule has 1 aromatic carbocycles. The maximum atomic E-state index is 12.1. The second-order valence-corrected chi connectivity index (χ2v) is 4.63. The molecule has 4 heteroatoms. The first kappa shape index (κ1) is 11.9. The molecule has 0 radical (unpaired) electrons. The number of ether oxygens (including phenoxy) is 1. The number of nitrogens with zero attached hydrogens (tertiary/aromatic N) is 1. The van der Waals surface area contributed by atoms with Crippen LogP contribution in [0.1, 0.15) is 22.3 Å². The molecule has 0 bridgehead atoms. The van der Waals surface area contributed by atoms with Crippen molar-refractivity contribution in [3.63, 3.8) is 0 Å². The maximum absolute atomic E-state index is 12.1. The Morgan fingerprint density at radius 3 is 2.94 bits per heavy atom. The predicted molar refractivity (Wildman–Crippen MR) is 67.6 cm³/mol. The van der Waals surface area contributed by atoms with E-state index < -0.39 is 0 Å². The summed E-state index contributed by atoms with van der Waals surface area (Å²) in [6, 6.07) is 3.62. The molecule has 0 saturated heterocycles. The van der Waals surface area contributed by atoms with Crippen LogP contribution in [-0.2, 0) is 6.42 Å². The zero-order valence-electron chi connectivity index (χ0n) is 10.3. The molecule has 1 aromatic rings. The third-order valence-corrected chi connectivity index (χ3v) is 2.89. The standard InChI is InChI=1S/C13H18N2O2/c1-15(2)5-3-12(16)11-8-10(14)7-9-4-6-17-13(9)11/h7-8H,3-6,14H2,1-2H3. The second kappa shape index (κ2) is 4.75. The molecular weight excluding hydrogens is 216 g/mol. The Morgan fingerprint density at radius 1 is 1.47 bits per heavy atom. The molecule has 17 heavy (non-hydrogen) atoms. The summed E-state index contributed by atoms with van der Waals surface area (Å²) in [5.41, 5.74) is 8.14. The van der Waals surface area contributed by atoms with Crippen molar-refractivity contribution < 1.29 is 9.53 Å². The van der Waals surface area contributed by atoms with E-state index >= 15 is 0 Å². The van der Waals surface area contributed by atoms with Gasteiger partial charge in [-0.3, -0.25) is 4.79 Å². The lowest BCUT2D eigenvalue weighted by Crippen LogP contribution is -2.17. The monoisotopic (exact) mass is 234 g/mol. The Balaban J connectivity index is 2.23. The molecule has 4 nitrogen and oxygen atoms in total. The topological polar surface area (TPSA) is 55.6 Å². The van der Waals surface area contributed by atoms with Crippen LogP contribution in [0.15, 0.2) is 12.1 Å². The van der Waals surface area contributed by atoms with Crippen molar-refractivity contribution in [3.8, 4) is 5.75 Å². The number of anilines is 1. The van der Waals surface area contributed by atoms with Gasteiger partial charge in [-0.2, -0.15) is 0 Å². The highest BCUT2D eigenvalue weighted by atomic mass is 16.5. The van der Waals surface area contributed by atoms with Crippen LogP contribution in [0.4, 0.5) is 5.69 Å². The van der Waals surface area contributed by atoms with Gasteiger partial charge in [0.25, 0.3) is 0 Å². The summed E-state index contributed by atoms with van der Waals surface area (Å²) in [5, 5.41) is 0. The van der Waals surface area contributed by atoms with Crippen LogP contribution < -0.4 is 10.5 Å². The zero-order valence-corrected chi connectivity index (χ0v) is 10.3. The molecule has 92 valence electrons. The minimum Gasteiger partial charge on any atom is -0.492 e. The van der Waals surface area contributed by atoms with Gasteiger partial charge in [-0.25, -0.2) is 0 Å². The SMILES string of the molecule is CN(C)CCC(=O)c1cc(N)cc2c1OCC2. The first-order chi connectivity index (χ1) is 8.08. The molecule has 2 rings (SSSR count). The lowest BCUT2D eigenvalue weighted by Gasteiger charge is -2.11. The summed E-state index contributed by atoms with van der Waals surface area (Å²) < 4.78 is 5.52. The van der Waals surface area contributed by atoms with Gasteiger partial charge in [-0.15, -0.1) is 0 Å². The summed E-state index contributed by atoms with van der Waals surface area (Å²) >= 11 is 0. The Kier molecular flexibility index (Phi) is 3.33. The molecule has 0 amide bonds. The molecule has 0 atom stereocenters. The second-order valence-electron chi connectivity index (χ2n) is 4.63. The Labute approximate surface area is 101 Å². The Morgan fingerprint density at radius 2 is 2.24 bits per heavy atom. The normalized spacial score (nSPS) is 13.6. The van der Waals surface area contributed by atoms with Crippen LogP contribution in [0.5, 0.6) is 5.75 Å². The maximum Gasteiger partial charge on any atom is 0.167 e. The van der Waals surface area contributed by atoms with Crippen molar-refractivity contribution in [1.29, 1.82) is 0 Å². The number of benzene rings is 1. The molecule has 0 fully saturated rings. The van der Waals surface area contributed by atoms with Crippen LogP contribution >= 0.6 is 0 Å². The molecule has 0 spiro atoms. The highest BCUT2D eigenvalue weighted by Gasteiger charge is 2.21. The van der Waals surface area contributed by atoms with E-state index in [1.165, 1.54) is 0 Å². The number of carbonyl (C=O) groups is 1. The average Bonchev–Trinajstić information content (AvgIpc) is 2.72. The number of carbonyl (C=O) groups excluding carboxylic acids is 1. The van der Waals surface area contributed by atoms with Crippen LogP contribution in [0.2, 0.25) is 0 Å². The van der Waals surface area contributed by atoms with Gasteiger partial charge in [-0.05, 0) is 26.2 Å². The van der Waals surface area contributed by atoms with E-state index in [9.17, 15) is 4.79 Å². The van der Waals surface area contributed by atoms with Crippen molar-refractivity contribution in [2.75, 3.05) is 33.0 Å². The Bertz CT molecular complexity index is 441. The van der Waals surface area contributed by atoms with Gasteiger partial charge >= 0.3 is 0 Å². The number of rotatable bonds is 4. The smallest absolute Gasteiger partial charge is 0.167 e. The number of ketones is 1. The van der Waals surface area contributed by atoms with E-state index in [1.807, 2.05) is 25.1 Å². The van der Waals surface area contributed by atoms with Gasteiger partial charge in [0, 0.05) is 30.6 Å². The van der Waals surface area contributed by atoms with Crippen molar-refractivity contribution in [3.05, 3.63) is 23.3 Å². The van der Waals surface area contributed by atoms with Gasteiger partial charge in [0.05, 0.1) is 12.2 Å². The van der Waals surface area contributed by atoms with Crippen molar-refractivity contribution in [2.45, 2.75) is 12.8 Å². The molecule has 0 saturated carbocycles. The Hall–Kier alpha value is -1.55. The third kappa shape index (κ3) is 2.58. The number of Topliss-reactive ketones (excluding diaryl/α,β-unsaturated/α-hetero) is 1. The number of hydrogen-bond donors (Lipinski definition) is 1. The quantitative estimate of drug-likeness (QED) is 0.631. The fourth-order valence-electron chi connectivity index (χ4n) is 2.00. The number of nitrogen functional groups attached to an aromatic ring is 1. The van der Waals surface area contributed by atoms with Crippen LogP contribution in [0.3, 0.4) is 0 Å². The highest BCUT2D eigenvalue weighted by Crippen LogP contribution is 2.32. The van der Waals surface area contributed by atoms with E-state index in [1.54, 1.807) is 6.07 Å². The summed E-state index contributed by atoms with van der Waals surface area (Å²) in [5.74, 6) is 0.840. The van der Waals surface area contributed by atoms with Crippen LogP contribution in [-0.4, -0.2) is 37.9 Å². The molecular formula is C13H18N2O2. The van der Waals surface area contributed by atoms with E-state index in [4.69, 9.17) is 10.5 Å². The molecule has 1 heterocycles. The summed E-state index contributed by atoms with van der Waals surface area (Å²) in [6.45, 7) is 1.38. The highest BCUT2D eigenvalue weighted by molar-refractivity contribution is 6.00. The number of nitrogens with two attached hydrogens (primary N) is 1.